The van der Waals surface area contributed by atoms with E-state index in [9.17, 15) is 14.7 Å². The summed E-state index contributed by atoms with van der Waals surface area (Å²) in [6.07, 6.45) is 3.23. The van der Waals surface area contributed by atoms with Gasteiger partial charge in [0.2, 0.25) is 0 Å². The van der Waals surface area contributed by atoms with E-state index < -0.39 is 12.0 Å². The van der Waals surface area contributed by atoms with Gasteiger partial charge in [0.25, 0.3) is 0 Å². The Kier molecular flexibility index (Phi) is 8.65. The standard InChI is InChI=1S/C16H29N3O4/c1-4-6-7-8-19(9-10-20)11-13-14(15(21)23-5-2)12(3)17-16(22)18-13/h12,20H,4-11H2,1-3H3,(H2,17,18,22)/t12-/m0/s1. The number of rotatable bonds is 10. The molecule has 2 amide bonds. The van der Waals surface area contributed by atoms with Crippen LogP contribution in [-0.4, -0.2) is 60.9 Å². The van der Waals surface area contributed by atoms with E-state index in [0.29, 0.717) is 24.4 Å². The molecule has 23 heavy (non-hydrogen) atoms. The van der Waals surface area contributed by atoms with Gasteiger partial charge in [0.1, 0.15) is 0 Å². The summed E-state index contributed by atoms with van der Waals surface area (Å²) >= 11 is 0. The summed E-state index contributed by atoms with van der Waals surface area (Å²) in [6, 6.07) is -0.720. The van der Waals surface area contributed by atoms with E-state index in [-0.39, 0.29) is 19.2 Å². The Morgan fingerprint density at radius 1 is 1.30 bits per heavy atom. The molecule has 7 heteroatoms. The zero-order chi connectivity index (χ0) is 17.2. The first-order valence-electron chi connectivity index (χ1n) is 8.34. The second kappa shape index (κ2) is 10.2. The van der Waals surface area contributed by atoms with E-state index in [1.165, 1.54) is 0 Å². The normalized spacial score (nSPS) is 18.0. The highest BCUT2D eigenvalue weighted by Gasteiger charge is 2.30. The molecule has 3 N–H and O–H groups in total. The SMILES string of the molecule is CCCCCN(CCO)CC1=C(C(=O)OCC)[C@H](C)NC(=O)N1. The molecule has 0 fully saturated rings. The van der Waals surface area contributed by atoms with E-state index in [0.717, 1.165) is 25.8 Å². The Labute approximate surface area is 138 Å². The summed E-state index contributed by atoms with van der Waals surface area (Å²) in [5.41, 5.74) is 1.01. The van der Waals surface area contributed by atoms with Crippen LogP contribution in [0.3, 0.4) is 0 Å². The van der Waals surface area contributed by atoms with E-state index in [4.69, 9.17) is 4.74 Å². The number of aliphatic hydroxyl groups is 1. The zero-order valence-electron chi connectivity index (χ0n) is 14.4. The number of aliphatic hydroxyl groups excluding tert-OH is 1. The van der Waals surface area contributed by atoms with Crippen molar-refractivity contribution in [3.63, 3.8) is 0 Å². The van der Waals surface area contributed by atoms with Gasteiger partial charge in [-0.1, -0.05) is 19.8 Å². The second-order valence-electron chi connectivity index (χ2n) is 5.64. The molecule has 0 aliphatic carbocycles. The van der Waals surface area contributed by atoms with Crippen LogP contribution in [0.1, 0.15) is 40.0 Å². The molecule has 0 spiro atoms. The molecule has 0 radical (unpaired) electrons. The quantitative estimate of drug-likeness (QED) is 0.411. The lowest BCUT2D eigenvalue weighted by Crippen LogP contribution is -2.51. The van der Waals surface area contributed by atoms with Crippen molar-refractivity contribution in [3.8, 4) is 0 Å². The van der Waals surface area contributed by atoms with Crippen LogP contribution in [0.15, 0.2) is 11.3 Å². The van der Waals surface area contributed by atoms with Crippen molar-refractivity contribution in [1.82, 2.24) is 15.5 Å². The molecule has 1 aliphatic heterocycles. The first kappa shape index (κ1) is 19.4. The number of nitrogens with zero attached hydrogens (tertiary/aromatic N) is 1. The first-order chi connectivity index (χ1) is 11.0. The smallest absolute Gasteiger partial charge is 0.337 e. The lowest BCUT2D eigenvalue weighted by Gasteiger charge is -2.30. The summed E-state index contributed by atoms with van der Waals surface area (Å²) in [5.74, 6) is -0.417. The Morgan fingerprint density at radius 2 is 2.04 bits per heavy atom. The predicted molar refractivity (Wildman–Crippen MR) is 87.8 cm³/mol. The van der Waals surface area contributed by atoms with Crippen LogP contribution in [0.25, 0.3) is 0 Å². The van der Waals surface area contributed by atoms with Crippen molar-refractivity contribution < 1.29 is 19.4 Å². The summed E-state index contributed by atoms with van der Waals surface area (Å²) in [7, 11) is 0. The molecule has 1 rings (SSSR count). The largest absolute Gasteiger partial charge is 0.463 e. The molecule has 132 valence electrons. The number of carbonyl (C=O) groups excluding carboxylic acids is 2. The summed E-state index contributed by atoms with van der Waals surface area (Å²) in [4.78, 5) is 26.0. The van der Waals surface area contributed by atoms with Crippen LogP contribution in [-0.2, 0) is 9.53 Å². The van der Waals surface area contributed by atoms with Gasteiger partial charge in [-0.15, -0.1) is 0 Å². The van der Waals surface area contributed by atoms with Crippen molar-refractivity contribution in [3.05, 3.63) is 11.3 Å². The average Bonchev–Trinajstić information content (AvgIpc) is 2.47. The van der Waals surface area contributed by atoms with Crippen molar-refractivity contribution in [2.45, 2.75) is 46.1 Å². The molecule has 0 unspecified atom stereocenters. The number of nitrogens with one attached hydrogen (secondary N) is 2. The molecular formula is C16H29N3O4. The highest BCUT2D eigenvalue weighted by molar-refractivity contribution is 5.94. The highest BCUT2D eigenvalue weighted by Crippen LogP contribution is 2.15. The summed E-state index contributed by atoms with van der Waals surface area (Å²) in [6.45, 7) is 7.69. The molecule has 0 saturated carbocycles. The van der Waals surface area contributed by atoms with E-state index in [2.05, 4.69) is 17.6 Å². The minimum Gasteiger partial charge on any atom is -0.463 e. The number of hydrogen-bond acceptors (Lipinski definition) is 5. The Bertz CT molecular complexity index is 437. The molecule has 1 heterocycles. The van der Waals surface area contributed by atoms with Crippen LogP contribution >= 0.6 is 0 Å². The van der Waals surface area contributed by atoms with E-state index >= 15 is 0 Å². The van der Waals surface area contributed by atoms with Crippen LogP contribution in [0, 0.1) is 0 Å². The average molecular weight is 327 g/mol. The Morgan fingerprint density at radius 3 is 2.65 bits per heavy atom. The van der Waals surface area contributed by atoms with E-state index in [1.807, 2.05) is 4.90 Å². The number of unbranched alkanes of at least 4 members (excludes halogenated alkanes) is 2. The number of carbonyl (C=O) groups is 2. The fourth-order valence-electron chi connectivity index (χ4n) is 2.62. The summed E-state index contributed by atoms with van der Waals surface area (Å²) < 4.78 is 5.10. The molecule has 1 aliphatic rings. The maximum absolute atomic E-state index is 12.2. The molecule has 0 bridgehead atoms. The summed E-state index contributed by atoms with van der Waals surface area (Å²) in [5, 5.41) is 14.6. The van der Waals surface area contributed by atoms with Gasteiger partial charge in [0.05, 0.1) is 24.8 Å². The minimum atomic E-state index is -0.417. The third-order valence-electron chi connectivity index (χ3n) is 3.74. The van der Waals surface area contributed by atoms with Crippen molar-refractivity contribution in [2.75, 3.05) is 32.8 Å². The monoisotopic (exact) mass is 327 g/mol. The van der Waals surface area contributed by atoms with Gasteiger partial charge in [-0.3, -0.25) is 4.90 Å². The number of amides is 2. The maximum Gasteiger partial charge on any atom is 0.337 e. The van der Waals surface area contributed by atoms with Gasteiger partial charge in [-0.25, -0.2) is 9.59 Å². The lowest BCUT2D eigenvalue weighted by atomic mass is 10.0. The molecule has 0 aromatic rings. The van der Waals surface area contributed by atoms with Crippen molar-refractivity contribution in [1.29, 1.82) is 0 Å². The number of esters is 1. The third-order valence-corrected chi connectivity index (χ3v) is 3.74. The highest BCUT2D eigenvalue weighted by atomic mass is 16.5. The van der Waals surface area contributed by atoms with Gasteiger partial charge < -0.3 is 20.5 Å². The van der Waals surface area contributed by atoms with Crippen LogP contribution in [0.4, 0.5) is 4.79 Å². The number of ether oxygens (including phenoxy) is 1. The van der Waals surface area contributed by atoms with Gasteiger partial charge in [0.15, 0.2) is 0 Å². The Hall–Kier alpha value is -1.60. The topological polar surface area (TPSA) is 90.9 Å². The van der Waals surface area contributed by atoms with Gasteiger partial charge in [-0.2, -0.15) is 0 Å². The number of urea groups is 1. The van der Waals surface area contributed by atoms with Crippen molar-refractivity contribution in [2.24, 2.45) is 0 Å². The zero-order valence-corrected chi connectivity index (χ0v) is 14.4. The van der Waals surface area contributed by atoms with Crippen LogP contribution in [0.5, 0.6) is 0 Å². The molecular weight excluding hydrogens is 298 g/mol. The van der Waals surface area contributed by atoms with Crippen molar-refractivity contribution >= 4 is 12.0 Å². The molecule has 0 aromatic heterocycles. The van der Waals surface area contributed by atoms with Gasteiger partial charge >= 0.3 is 12.0 Å². The second-order valence-corrected chi connectivity index (χ2v) is 5.64. The predicted octanol–water partition coefficient (Wildman–Crippen LogP) is 0.989. The van der Waals surface area contributed by atoms with Gasteiger partial charge in [-0.05, 0) is 26.8 Å². The molecule has 7 nitrogen and oxygen atoms in total. The van der Waals surface area contributed by atoms with Gasteiger partial charge in [0, 0.05) is 18.8 Å². The number of hydrogen-bond donors (Lipinski definition) is 3. The lowest BCUT2D eigenvalue weighted by molar-refractivity contribution is -0.139. The Balaban J connectivity index is 2.91. The molecule has 0 saturated heterocycles. The fraction of sp³-hybridized carbons (Fsp3) is 0.750. The minimum absolute atomic E-state index is 0.0376. The molecule has 1 atom stereocenters. The van der Waals surface area contributed by atoms with Crippen LogP contribution < -0.4 is 10.6 Å². The fourth-order valence-corrected chi connectivity index (χ4v) is 2.62. The molecule has 0 aromatic carbocycles. The van der Waals surface area contributed by atoms with Crippen LogP contribution in [0.2, 0.25) is 0 Å². The van der Waals surface area contributed by atoms with E-state index in [1.54, 1.807) is 13.8 Å². The third kappa shape index (κ3) is 6.19. The maximum atomic E-state index is 12.2. The first-order valence-corrected chi connectivity index (χ1v) is 8.34.